The van der Waals surface area contributed by atoms with E-state index in [1.807, 2.05) is 71.3 Å². The Hall–Kier alpha value is -6.25. The molecule has 0 aliphatic carbocycles. The summed E-state index contributed by atoms with van der Waals surface area (Å²) in [6.07, 6.45) is 0. The van der Waals surface area contributed by atoms with Crippen molar-refractivity contribution < 1.29 is 17.8 Å². The van der Waals surface area contributed by atoms with E-state index in [-0.39, 0.29) is 43.8 Å². The van der Waals surface area contributed by atoms with Crippen LogP contribution in [0.5, 0.6) is 0 Å². The number of aromatic nitrogens is 2. The molecule has 220 valence electrons. The van der Waals surface area contributed by atoms with Crippen LogP contribution in [-0.4, -0.2) is 9.55 Å². The first-order valence-electron chi connectivity index (χ1n) is 21.5. The second-order valence-electron chi connectivity index (χ2n) is 11.0. The molecule has 0 N–H and O–H groups in total. The van der Waals surface area contributed by atoms with Gasteiger partial charge in [0.25, 0.3) is 0 Å². The number of para-hydroxylation sites is 2. The molecule has 8 aromatic carbocycles. The predicted octanol–water partition coefficient (Wildman–Crippen LogP) is 12.0. The standard InChI is InChI=1S/C45H30N2/c1-3-13-31(14-4-1)32-23-25-33(26-24-32)43-37-17-7-9-19-39(37)44(40-20-10-8-18-38(40)43)34-27-29-36(30-28-34)47-42-22-12-11-21-41(42)46-45(47)35-15-5-2-6-16-35/h1-30H/i1D,3D,4D,7D,8D,9D,10D,13D,14D,17D,18D,19D,20D. The molecule has 0 radical (unpaired) electrons. The van der Waals surface area contributed by atoms with Crippen molar-refractivity contribution in [1.29, 1.82) is 0 Å². The van der Waals surface area contributed by atoms with E-state index in [1.54, 1.807) is 24.3 Å². The Morgan fingerprint density at radius 3 is 1.49 bits per heavy atom. The molecule has 0 fully saturated rings. The van der Waals surface area contributed by atoms with Gasteiger partial charge in [-0.25, -0.2) is 4.98 Å². The molecule has 0 unspecified atom stereocenters. The molecule has 0 amide bonds. The topological polar surface area (TPSA) is 17.8 Å². The molecule has 47 heavy (non-hydrogen) atoms. The van der Waals surface area contributed by atoms with Gasteiger partial charge in [-0.2, -0.15) is 0 Å². The van der Waals surface area contributed by atoms with Crippen LogP contribution in [0.1, 0.15) is 17.8 Å². The Kier molecular flexibility index (Phi) is 4.05. The summed E-state index contributed by atoms with van der Waals surface area (Å²) in [4.78, 5) is 4.93. The highest BCUT2D eigenvalue weighted by Crippen LogP contribution is 2.44. The Morgan fingerprint density at radius 2 is 0.894 bits per heavy atom. The van der Waals surface area contributed by atoms with E-state index in [0.717, 1.165) is 22.3 Å². The van der Waals surface area contributed by atoms with Crippen LogP contribution in [-0.2, 0) is 0 Å². The van der Waals surface area contributed by atoms with Gasteiger partial charge in [-0.3, -0.25) is 4.57 Å². The van der Waals surface area contributed by atoms with Gasteiger partial charge < -0.3 is 0 Å². The minimum absolute atomic E-state index is 0.0279. The molecule has 2 nitrogen and oxygen atoms in total. The summed E-state index contributed by atoms with van der Waals surface area (Å²) in [5, 5.41) is 0.156. The van der Waals surface area contributed by atoms with Crippen molar-refractivity contribution in [2.24, 2.45) is 0 Å². The molecule has 0 atom stereocenters. The summed E-state index contributed by atoms with van der Waals surface area (Å²) in [5.74, 6) is 0.700. The van der Waals surface area contributed by atoms with E-state index in [0.29, 0.717) is 17.0 Å². The normalized spacial score (nSPS) is 15.3. The van der Waals surface area contributed by atoms with Crippen molar-refractivity contribution in [3.8, 4) is 50.5 Å². The van der Waals surface area contributed by atoms with Gasteiger partial charge in [0.05, 0.1) is 28.9 Å². The monoisotopic (exact) mass is 611 g/mol. The van der Waals surface area contributed by atoms with Crippen LogP contribution in [0.3, 0.4) is 0 Å². The van der Waals surface area contributed by atoms with Crippen LogP contribution >= 0.6 is 0 Å². The second kappa shape index (κ2) is 11.3. The second-order valence-corrected chi connectivity index (χ2v) is 11.0. The number of nitrogens with zero attached hydrogens (tertiary/aromatic N) is 2. The lowest BCUT2D eigenvalue weighted by Gasteiger charge is -2.18. The zero-order valence-corrected chi connectivity index (χ0v) is 24.7. The molecule has 2 heteroatoms. The Balaban J connectivity index is 1.35. The lowest BCUT2D eigenvalue weighted by Crippen LogP contribution is -1.97. The minimum Gasteiger partial charge on any atom is -0.292 e. The van der Waals surface area contributed by atoms with Gasteiger partial charge in [-0.05, 0) is 79.2 Å². The predicted molar refractivity (Wildman–Crippen MR) is 198 cm³/mol. The number of hydrogen-bond acceptors (Lipinski definition) is 1. The number of imidazole rings is 1. The minimum atomic E-state index is -0.536. The summed E-state index contributed by atoms with van der Waals surface area (Å²) in [6.45, 7) is 0. The third-order valence-electron chi connectivity index (χ3n) is 8.34. The molecule has 9 aromatic rings. The van der Waals surface area contributed by atoms with Gasteiger partial charge >= 0.3 is 0 Å². The lowest BCUT2D eigenvalue weighted by atomic mass is 9.85. The van der Waals surface area contributed by atoms with Gasteiger partial charge in [0.1, 0.15) is 5.82 Å². The van der Waals surface area contributed by atoms with Gasteiger partial charge in [0.2, 0.25) is 0 Å². The van der Waals surface area contributed by atoms with E-state index < -0.39 is 78.6 Å². The summed E-state index contributed by atoms with van der Waals surface area (Å²) < 4.78 is 116. The maximum Gasteiger partial charge on any atom is 0.145 e. The van der Waals surface area contributed by atoms with Gasteiger partial charge in [0, 0.05) is 11.3 Å². The van der Waals surface area contributed by atoms with Crippen molar-refractivity contribution in [1.82, 2.24) is 9.55 Å². The highest BCUT2D eigenvalue weighted by molar-refractivity contribution is 6.21. The van der Waals surface area contributed by atoms with E-state index in [1.165, 1.54) is 12.1 Å². The van der Waals surface area contributed by atoms with Crippen LogP contribution in [0.4, 0.5) is 0 Å². The molecule has 0 saturated heterocycles. The molecular weight excluding hydrogens is 569 g/mol. The van der Waals surface area contributed by atoms with E-state index >= 15 is 0 Å². The van der Waals surface area contributed by atoms with Gasteiger partial charge in [-0.1, -0.05) is 157 Å². The molecule has 0 aliphatic rings. The zero-order chi connectivity index (χ0) is 42.5. The first kappa shape index (κ1) is 16.9. The summed E-state index contributed by atoms with van der Waals surface area (Å²) in [5.41, 5.74) is 4.59. The molecule has 1 heterocycles. The fourth-order valence-corrected chi connectivity index (χ4v) is 6.25. The number of fused-ring (bicyclic) bond motifs is 3. The highest BCUT2D eigenvalue weighted by Gasteiger charge is 2.18. The molecule has 0 aliphatic heterocycles. The fourth-order valence-electron chi connectivity index (χ4n) is 6.25. The maximum absolute atomic E-state index is 9.30. The van der Waals surface area contributed by atoms with Gasteiger partial charge in [0.15, 0.2) is 0 Å². The van der Waals surface area contributed by atoms with Crippen LogP contribution < -0.4 is 0 Å². The largest absolute Gasteiger partial charge is 0.292 e. The van der Waals surface area contributed by atoms with Crippen molar-refractivity contribution >= 4 is 32.6 Å². The lowest BCUT2D eigenvalue weighted by molar-refractivity contribution is 1.10. The Labute approximate surface area is 292 Å². The fraction of sp³-hybridized carbons (Fsp3) is 0. The van der Waals surface area contributed by atoms with Crippen LogP contribution in [0.25, 0.3) is 83.0 Å². The van der Waals surface area contributed by atoms with Crippen LogP contribution in [0.15, 0.2) is 182 Å². The molecule has 9 rings (SSSR count). The first-order valence-corrected chi connectivity index (χ1v) is 15.0. The number of benzene rings is 8. The zero-order valence-electron chi connectivity index (χ0n) is 37.7. The average Bonchev–Trinajstić information content (AvgIpc) is 3.67. The highest BCUT2D eigenvalue weighted by atomic mass is 15.1. The third-order valence-corrected chi connectivity index (χ3v) is 8.34. The van der Waals surface area contributed by atoms with E-state index in [2.05, 4.69) is 0 Å². The van der Waals surface area contributed by atoms with Crippen LogP contribution in [0, 0.1) is 0 Å². The SMILES string of the molecule is [2H]c1c([2H])c([2H])c(-c2ccc(-c3c4c([2H])c([2H])c([2H])c([2H])c4c(-c4ccc(-n5c(-c6ccccc6)nc6ccccc65)cc4)c4c([2H])c([2H])c([2H])c([2H])c34)cc2)c([2H])c1[2H]. The average molecular weight is 612 g/mol. The quantitative estimate of drug-likeness (QED) is 0.177. The van der Waals surface area contributed by atoms with Crippen LogP contribution in [0.2, 0.25) is 0 Å². The van der Waals surface area contributed by atoms with E-state index in [9.17, 15) is 5.48 Å². The van der Waals surface area contributed by atoms with Crippen molar-refractivity contribution in [2.45, 2.75) is 0 Å². The van der Waals surface area contributed by atoms with E-state index in [4.69, 9.17) is 17.3 Å². The third kappa shape index (κ3) is 4.62. The molecule has 0 spiro atoms. The number of hydrogen-bond donors (Lipinski definition) is 0. The molecule has 1 aromatic heterocycles. The first-order chi connectivity index (χ1) is 28.7. The van der Waals surface area contributed by atoms with Crippen molar-refractivity contribution in [3.63, 3.8) is 0 Å². The molecule has 0 saturated carbocycles. The summed E-state index contributed by atoms with van der Waals surface area (Å²) >= 11 is 0. The van der Waals surface area contributed by atoms with Crippen molar-refractivity contribution in [2.75, 3.05) is 0 Å². The van der Waals surface area contributed by atoms with Gasteiger partial charge in [-0.15, -0.1) is 0 Å². The molecular formula is C45H30N2. The maximum atomic E-state index is 9.30. The Morgan fingerprint density at radius 1 is 0.404 bits per heavy atom. The molecule has 0 bridgehead atoms. The summed E-state index contributed by atoms with van der Waals surface area (Å²) in [7, 11) is 0. The smallest absolute Gasteiger partial charge is 0.145 e. The summed E-state index contributed by atoms with van der Waals surface area (Å²) in [6, 6.07) is 24.7. The van der Waals surface area contributed by atoms with Crippen molar-refractivity contribution in [3.05, 3.63) is 182 Å². The Bertz CT molecular complexity index is 3160. The number of rotatable bonds is 5.